The molecule has 0 unspecified atom stereocenters. The van der Waals surface area contributed by atoms with E-state index >= 15 is 0 Å². The van der Waals surface area contributed by atoms with E-state index in [4.69, 9.17) is 19.9 Å². The number of methoxy groups -OCH3 is 1. The molecule has 2 rings (SSSR count). The van der Waals surface area contributed by atoms with Crippen molar-refractivity contribution in [1.29, 1.82) is 0 Å². The molecular formula is C16H30ClNO4. The standard InChI is InChI=1S/C16H29NO4.ClH/c1-11-15(19-2)14(21-12-7-3-4-8-12)10-6-5-9-13(17)16(18)20-11;/h11-15H,3-10,17H2,1-2H3;1H/t11-,13-,14-,15-;/m0./s1. The van der Waals surface area contributed by atoms with E-state index in [9.17, 15) is 4.79 Å². The Labute approximate surface area is 139 Å². The molecule has 1 saturated heterocycles. The van der Waals surface area contributed by atoms with Crippen LogP contribution in [0.3, 0.4) is 0 Å². The van der Waals surface area contributed by atoms with Gasteiger partial charge in [-0.1, -0.05) is 25.7 Å². The summed E-state index contributed by atoms with van der Waals surface area (Å²) in [6.45, 7) is 1.87. The number of halogens is 1. The van der Waals surface area contributed by atoms with Crippen LogP contribution in [0.15, 0.2) is 0 Å². The number of hydrogen-bond acceptors (Lipinski definition) is 5. The zero-order valence-corrected chi connectivity index (χ0v) is 14.5. The molecule has 0 radical (unpaired) electrons. The average molecular weight is 336 g/mol. The minimum absolute atomic E-state index is 0. The van der Waals surface area contributed by atoms with Gasteiger partial charge in [-0.05, 0) is 32.6 Å². The summed E-state index contributed by atoms with van der Waals surface area (Å²) in [5.41, 5.74) is 5.84. The molecule has 22 heavy (non-hydrogen) atoms. The highest BCUT2D eigenvalue weighted by Gasteiger charge is 2.34. The molecule has 6 heteroatoms. The molecule has 130 valence electrons. The number of cyclic esters (lactones) is 1. The van der Waals surface area contributed by atoms with Gasteiger partial charge in [0.25, 0.3) is 0 Å². The van der Waals surface area contributed by atoms with Crippen molar-refractivity contribution in [2.24, 2.45) is 5.73 Å². The van der Waals surface area contributed by atoms with Crippen molar-refractivity contribution in [1.82, 2.24) is 0 Å². The van der Waals surface area contributed by atoms with Crippen LogP contribution in [-0.2, 0) is 19.0 Å². The average Bonchev–Trinajstić information content (AvgIpc) is 2.95. The van der Waals surface area contributed by atoms with Crippen LogP contribution in [0, 0.1) is 0 Å². The lowest BCUT2D eigenvalue weighted by Crippen LogP contribution is -2.46. The van der Waals surface area contributed by atoms with Crippen molar-refractivity contribution in [3.8, 4) is 0 Å². The second-order valence-electron chi connectivity index (χ2n) is 6.31. The summed E-state index contributed by atoms with van der Waals surface area (Å²) >= 11 is 0. The number of esters is 1. The SMILES string of the molecule is CO[C@H]1[C@H](C)OC(=O)[C@@H](N)CCCC[C@@H]1OC1CCCC1.Cl. The van der Waals surface area contributed by atoms with Gasteiger partial charge in [0.05, 0.1) is 12.2 Å². The topological polar surface area (TPSA) is 70.8 Å². The van der Waals surface area contributed by atoms with Crippen LogP contribution in [0.25, 0.3) is 0 Å². The summed E-state index contributed by atoms with van der Waals surface area (Å²) in [5.74, 6) is -0.328. The maximum Gasteiger partial charge on any atom is 0.323 e. The van der Waals surface area contributed by atoms with Gasteiger partial charge in [-0.3, -0.25) is 4.79 Å². The fraction of sp³-hybridized carbons (Fsp3) is 0.938. The van der Waals surface area contributed by atoms with E-state index in [2.05, 4.69) is 0 Å². The molecule has 0 aromatic carbocycles. The Morgan fingerprint density at radius 2 is 1.68 bits per heavy atom. The van der Waals surface area contributed by atoms with E-state index in [1.54, 1.807) is 7.11 Å². The molecule has 0 spiro atoms. The Morgan fingerprint density at radius 1 is 1.09 bits per heavy atom. The number of hydrogen-bond donors (Lipinski definition) is 1. The molecular weight excluding hydrogens is 306 g/mol. The third-order valence-corrected chi connectivity index (χ3v) is 4.63. The first-order valence-corrected chi connectivity index (χ1v) is 8.26. The van der Waals surface area contributed by atoms with Crippen molar-refractivity contribution in [3.05, 3.63) is 0 Å². The van der Waals surface area contributed by atoms with Crippen LogP contribution in [0.1, 0.15) is 58.3 Å². The van der Waals surface area contributed by atoms with Crippen LogP contribution in [0.2, 0.25) is 0 Å². The van der Waals surface area contributed by atoms with Crippen LogP contribution in [-0.4, -0.2) is 43.5 Å². The van der Waals surface area contributed by atoms with Gasteiger partial charge in [0.2, 0.25) is 0 Å². The van der Waals surface area contributed by atoms with Crippen LogP contribution in [0.5, 0.6) is 0 Å². The summed E-state index contributed by atoms with van der Waals surface area (Å²) in [5, 5.41) is 0. The first-order chi connectivity index (χ1) is 10.1. The van der Waals surface area contributed by atoms with E-state index in [1.165, 1.54) is 12.8 Å². The molecule has 0 aromatic rings. The van der Waals surface area contributed by atoms with Crippen molar-refractivity contribution in [2.75, 3.05) is 7.11 Å². The zero-order chi connectivity index (χ0) is 15.2. The van der Waals surface area contributed by atoms with Gasteiger partial charge in [0.15, 0.2) is 0 Å². The van der Waals surface area contributed by atoms with Gasteiger partial charge >= 0.3 is 5.97 Å². The summed E-state index contributed by atoms with van der Waals surface area (Å²) in [4.78, 5) is 11.9. The van der Waals surface area contributed by atoms with Crippen LogP contribution in [0.4, 0.5) is 0 Å². The van der Waals surface area contributed by atoms with E-state index in [-0.39, 0.29) is 36.7 Å². The first-order valence-electron chi connectivity index (χ1n) is 8.26. The van der Waals surface area contributed by atoms with Crippen LogP contribution < -0.4 is 5.73 Å². The molecule has 2 N–H and O–H groups in total. The molecule has 2 fully saturated rings. The fourth-order valence-corrected chi connectivity index (χ4v) is 3.39. The summed E-state index contributed by atoms with van der Waals surface area (Å²) in [7, 11) is 1.66. The van der Waals surface area contributed by atoms with Gasteiger partial charge in [0, 0.05) is 7.11 Å². The Morgan fingerprint density at radius 3 is 2.32 bits per heavy atom. The number of carbonyl (C=O) groups is 1. The van der Waals surface area contributed by atoms with Crippen LogP contribution >= 0.6 is 12.4 Å². The predicted molar refractivity (Wildman–Crippen MR) is 87.2 cm³/mol. The Bertz CT molecular complexity index is 336. The minimum atomic E-state index is -0.516. The molecule has 1 aliphatic heterocycles. The van der Waals surface area contributed by atoms with E-state index in [0.29, 0.717) is 12.5 Å². The highest BCUT2D eigenvalue weighted by molar-refractivity contribution is 5.85. The predicted octanol–water partition coefficient (Wildman–Crippen LogP) is 2.58. The summed E-state index contributed by atoms with van der Waals surface area (Å²) in [6.07, 6.45) is 8.06. The van der Waals surface area contributed by atoms with E-state index in [0.717, 1.165) is 32.1 Å². The third kappa shape index (κ3) is 5.37. The second-order valence-corrected chi connectivity index (χ2v) is 6.31. The zero-order valence-electron chi connectivity index (χ0n) is 13.7. The van der Waals surface area contributed by atoms with E-state index < -0.39 is 6.04 Å². The Hall–Kier alpha value is -0.360. The molecule has 1 saturated carbocycles. The van der Waals surface area contributed by atoms with Crippen molar-refractivity contribution in [3.63, 3.8) is 0 Å². The van der Waals surface area contributed by atoms with Crippen molar-refractivity contribution < 1.29 is 19.0 Å². The van der Waals surface area contributed by atoms with Gasteiger partial charge in [-0.2, -0.15) is 0 Å². The van der Waals surface area contributed by atoms with E-state index in [1.807, 2.05) is 6.92 Å². The Balaban J connectivity index is 0.00000242. The highest BCUT2D eigenvalue weighted by Crippen LogP contribution is 2.27. The molecule has 0 amide bonds. The lowest BCUT2D eigenvalue weighted by atomic mass is 9.99. The maximum absolute atomic E-state index is 11.9. The normalized spacial score (nSPS) is 34.8. The van der Waals surface area contributed by atoms with Gasteiger partial charge in [-0.15, -0.1) is 12.4 Å². The lowest BCUT2D eigenvalue weighted by molar-refractivity contribution is -0.170. The van der Waals surface area contributed by atoms with Crippen molar-refractivity contribution in [2.45, 2.75) is 88.7 Å². The molecule has 4 atom stereocenters. The second kappa shape index (κ2) is 9.71. The minimum Gasteiger partial charge on any atom is -0.459 e. The molecule has 1 heterocycles. The summed E-state index contributed by atoms with van der Waals surface area (Å²) in [6, 6.07) is -0.516. The monoisotopic (exact) mass is 335 g/mol. The smallest absolute Gasteiger partial charge is 0.323 e. The van der Waals surface area contributed by atoms with Gasteiger partial charge < -0.3 is 19.9 Å². The number of carbonyl (C=O) groups excluding carboxylic acids is 1. The molecule has 2 aliphatic rings. The molecule has 1 aliphatic carbocycles. The first kappa shape index (κ1) is 19.7. The maximum atomic E-state index is 11.9. The molecule has 5 nitrogen and oxygen atoms in total. The third-order valence-electron chi connectivity index (χ3n) is 4.63. The largest absolute Gasteiger partial charge is 0.459 e. The molecule has 0 aromatic heterocycles. The van der Waals surface area contributed by atoms with Gasteiger partial charge in [0.1, 0.15) is 18.2 Å². The van der Waals surface area contributed by atoms with Crippen molar-refractivity contribution >= 4 is 18.4 Å². The highest BCUT2D eigenvalue weighted by atomic mass is 35.5. The van der Waals surface area contributed by atoms with Gasteiger partial charge in [-0.25, -0.2) is 0 Å². The number of ether oxygens (including phenoxy) is 3. The lowest BCUT2D eigenvalue weighted by Gasteiger charge is -2.33. The number of nitrogens with two attached hydrogens (primary N) is 1. The quantitative estimate of drug-likeness (QED) is 0.803. The summed E-state index contributed by atoms with van der Waals surface area (Å²) < 4.78 is 17.3. The molecule has 0 bridgehead atoms. The fourth-order valence-electron chi connectivity index (χ4n) is 3.39. The Kier molecular flexibility index (Phi) is 8.69. The number of rotatable bonds is 3.